The van der Waals surface area contributed by atoms with Crippen LogP contribution in [0.5, 0.6) is 0 Å². The van der Waals surface area contributed by atoms with Gasteiger partial charge in [0, 0.05) is 33.9 Å². The molecule has 0 fully saturated rings. The second kappa shape index (κ2) is 12.4. The second-order valence-electron chi connectivity index (χ2n) is 10.8. The van der Waals surface area contributed by atoms with Crippen LogP contribution in [0.15, 0.2) is 174 Å². The molecule has 0 saturated carbocycles. The van der Waals surface area contributed by atoms with Crippen molar-refractivity contribution in [2.24, 2.45) is 0 Å². The van der Waals surface area contributed by atoms with Gasteiger partial charge >= 0.3 is 0 Å². The summed E-state index contributed by atoms with van der Waals surface area (Å²) < 4.78 is 6.03. The first-order chi connectivity index (χ1) is 23.3. The molecular formula is C40H28N6O. The molecule has 0 saturated heterocycles. The van der Waals surface area contributed by atoms with Gasteiger partial charge < -0.3 is 4.42 Å². The molecule has 7 nitrogen and oxygen atoms in total. The Hall–Kier alpha value is -6.60. The molecule has 0 aliphatic rings. The Morgan fingerprint density at radius 2 is 0.766 bits per heavy atom. The first kappa shape index (κ1) is 27.9. The maximum absolute atomic E-state index is 6.03. The van der Waals surface area contributed by atoms with Gasteiger partial charge in [-0.25, -0.2) is 4.98 Å². The molecule has 6 aromatic carbocycles. The Morgan fingerprint density at radius 1 is 0.362 bits per heavy atom. The molecule has 224 valence electrons. The standard InChI is InChI=1S/C40H28N6O/c1-5-15-31(16-6-1)45(32-17-7-2-8-18-32)39-42-37(29-25-27-30(28-26-29)38-41-35-23-13-14-24-36(35)47-38)43-40(44-39)46(33-19-9-3-10-20-33)34-21-11-4-12-22-34/h1-28H. The van der Waals surface area contributed by atoms with Crippen molar-refractivity contribution in [3.63, 3.8) is 0 Å². The van der Waals surface area contributed by atoms with Crippen molar-refractivity contribution in [1.82, 2.24) is 19.9 Å². The van der Waals surface area contributed by atoms with Gasteiger partial charge in [0.05, 0.1) is 0 Å². The van der Waals surface area contributed by atoms with Gasteiger partial charge in [-0.1, -0.05) is 97.1 Å². The van der Waals surface area contributed by atoms with Gasteiger partial charge in [0.25, 0.3) is 0 Å². The summed E-state index contributed by atoms with van der Waals surface area (Å²) in [5.74, 6) is 2.07. The molecule has 2 heterocycles. The number of oxazole rings is 1. The number of rotatable bonds is 8. The van der Waals surface area contributed by atoms with Crippen molar-refractivity contribution >= 4 is 45.7 Å². The van der Waals surface area contributed by atoms with Crippen LogP contribution in [0.1, 0.15) is 0 Å². The summed E-state index contributed by atoms with van der Waals surface area (Å²) in [6, 6.07) is 56.3. The molecule has 0 atom stereocenters. The van der Waals surface area contributed by atoms with E-state index in [2.05, 4.69) is 63.3 Å². The van der Waals surface area contributed by atoms with E-state index in [9.17, 15) is 0 Å². The molecule has 8 aromatic rings. The summed E-state index contributed by atoms with van der Waals surface area (Å²) in [4.78, 5) is 24.1. The van der Waals surface area contributed by atoms with Gasteiger partial charge in [0.15, 0.2) is 11.4 Å². The topological polar surface area (TPSA) is 71.2 Å². The molecule has 8 rings (SSSR count). The fraction of sp³-hybridized carbons (Fsp3) is 0. The van der Waals surface area contributed by atoms with E-state index >= 15 is 0 Å². The largest absolute Gasteiger partial charge is 0.436 e. The average Bonchev–Trinajstić information content (AvgIpc) is 3.58. The fourth-order valence-corrected chi connectivity index (χ4v) is 5.51. The lowest BCUT2D eigenvalue weighted by Crippen LogP contribution is -2.19. The summed E-state index contributed by atoms with van der Waals surface area (Å²) in [6.45, 7) is 0. The normalized spacial score (nSPS) is 11.0. The SMILES string of the molecule is c1ccc(N(c2ccccc2)c2nc(-c3ccc(-c4nc5ccccc5o4)cc3)nc(N(c3ccccc3)c3ccccc3)n2)cc1. The highest BCUT2D eigenvalue weighted by Crippen LogP contribution is 2.37. The van der Waals surface area contributed by atoms with E-state index in [1.54, 1.807) is 0 Å². The van der Waals surface area contributed by atoms with Gasteiger partial charge in [0.1, 0.15) is 5.52 Å². The van der Waals surface area contributed by atoms with Gasteiger partial charge in [-0.15, -0.1) is 0 Å². The predicted octanol–water partition coefficient (Wildman–Crippen LogP) is 10.3. The average molecular weight is 609 g/mol. The molecule has 7 heteroatoms. The van der Waals surface area contributed by atoms with Crippen molar-refractivity contribution in [1.29, 1.82) is 0 Å². The van der Waals surface area contributed by atoms with Gasteiger partial charge in [-0.3, -0.25) is 9.80 Å². The number of nitrogens with zero attached hydrogens (tertiary/aromatic N) is 6. The third kappa shape index (κ3) is 5.69. The summed E-state index contributed by atoms with van der Waals surface area (Å²) in [5, 5.41) is 0. The Kier molecular flexibility index (Phi) is 7.38. The molecule has 0 amide bonds. The number of hydrogen-bond acceptors (Lipinski definition) is 7. The molecule has 0 bridgehead atoms. The van der Waals surface area contributed by atoms with Gasteiger partial charge in [0.2, 0.25) is 17.8 Å². The van der Waals surface area contributed by atoms with Crippen LogP contribution in [0.4, 0.5) is 34.6 Å². The van der Waals surface area contributed by atoms with Crippen LogP contribution in [0.3, 0.4) is 0 Å². The van der Waals surface area contributed by atoms with Crippen LogP contribution in [0.25, 0.3) is 33.9 Å². The number of anilines is 6. The maximum Gasteiger partial charge on any atom is 0.240 e. The zero-order chi connectivity index (χ0) is 31.4. The summed E-state index contributed by atoms with van der Waals surface area (Å²) in [5.41, 5.74) is 6.99. The molecule has 0 N–H and O–H groups in total. The van der Waals surface area contributed by atoms with Crippen molar-refractivity contribution in [3.05, 3.63) is 170 Å². The minimum absolute atomic E-state index is 0.488. The van der Waals surface area contributed by atoms with E-state index < -0.39 is 0 Å². The summed E-state index contributed by atoms with van der Waals surface area (Å²) in [6.07, 6.45) is 0. The maximum atomic E-state index is 6.03. The number of aromatic nitrogens is 4. The van der Waals surface area contributed by atoms with Crippen LogP contribution in [0, 0.1) is 0 Å². The zero-order valence-electron chi connectivity index (χ0n) is 25.3. The minimum atomic E-state index is 0.488. The summed E-state index contributed by atoms with van der Waals surface area (Å²) in [7, 11) is 0. The Balaban J connectivity index is 1.31. The molecule has 0 radical (unpaired) electrons. The molecule has 2 aromatic heterocycles. The quantitative estimate of drug-likeness (QED) is 0.170. The van der Waals surface area contributed by atoms with Crippen molar-refractivity contribution in [3.8, 4) is 22.8 Å². The zero-order valence-corrected chi connectivity index (χ0v) is 25.3. The van der Waals surface area contributed by atoms with Gasteiger partial charge in [-0.2, -0.15) is 15.0 Å². The molecular weight excluding hydrogens is 580 g/mol. The first-order valence-corrected chi connectivity index (χ1v) is 15.3. The Bertz CT molecular complexity index is 2030. The monoisotopic (exact) mass is 608 g/mol. The highest BCUT2D eigenvalue weighted by Gasteiger charge is 2.23. The van der Waals surface area contributed by atoms with Crippen LogP contribution in [0.2, 0.25) is 0 Å². The number of para-hydroxylation sites is 6. The molecule has 0 aliphatic carbocycles. The third-order valence-corrected chi connectivity index (χ3v) is 7.75. The molecule has 0 aliphatic heterocycles. The smallest absolute Gasteiger partial charge is 0.240 e. The van der Waals surface area contributed by atoms with Crippen molar-refractivity contribution in [2.75, 3.05) is 9.80 Å². The lowest BCUT2D eigenvalue weighted by Gasteiger charge is -2.27. The highest BCUT2D eigenvalue weighted by atomic mass is 16.3. The summed E-state index contributed by atoms with van der Waals surface area (Å²) >= 11 is 0. The number of fused-ring (bicyclic) bond motifs is 1. The third-order valence-electron chi connectivity index (χ3n) is 7.75. The molecule has 47 heavy (non-hydrogen) atoms. The second-order valence-corrected chi connectivity index (χ2v) is 10.8. The van der Waals surface area contributed by atoms with E-state index in [0.29, 0.717) is 23.6 Å². The number of benzene rings is 6. The van der Waals surface area contributed by atoms with Crippen LogP contribution < -0.4 is 9.80 Å². The molecule has 0 spiro atoms. The van der Waals surface area contributed by atoms with Crippen LogP contribution in [-0.2, 0) is 0 Å². The van der Waals surface area contributed by atoms with Crippen molar-refractivity contribution < 1.29 is 4.42 Å². The fourth-order valence-electron chi connectivity index (χ4n) is 5.51. The van der Waals surface area contributed by atoms with Gasteiger partial charge in [-0.05, 0) is 72.8 Å². The highest BCUT2D eigenvalue weighted by molar-refractivity contribution is 5.79. The van der Waals surface area contributed by atoms with E-state index in [4.69, 9.17) is 19.4 Å². The molecule has 0 unspecified atom stereocenters. The van der Waals surface area contributed by atoms with E-state index in [1.165, 1.54) is 0 Å². The van der Waals surface area contributed by atoms with E-state index in [1.807, 2.05) is 121 Å². The van der Waals surface area contributed by atoms with Crippen molar-refractivity contribution in [2.45, 2.75) is 0 Å². The van der Waals surface area contributed by atoms with Crippen LogP contribution >= 0.6 is 0 Å². The minimum Gasteiger partial charge on any atom is -0.436 e. The van der Waals surface area contributed by atoms with Crippen LogP contribution in [-0.4, -0.2) is 19.9 Å². The predicted molar refractivity (Wildman–Crippen MR) is 188 cm³/mol. The van der Waals surface area contributed by atoms with E-state index in [0.717, 1.165) is 45.0 Å². The lowest BCUT2D eigenvalue weighted by atomic mass is 10.1. The Labute approximate surface area is 272 Å². The first-order valence-electron chi connectivity index (χ1n) is 15.3. The lowest BCUT2D eigenvalue weighted by molar-refractivity contribution is 0.620. The number of hydrogen-bond donors (Lipinski definition) is 0. The Morgan fingerprint density at radius 3 is 1.21 bits per heavy atom. The van der Waals surface area contributed by atoms with E-state index in [-0.39, 0.29) is 0 Å².